The molecule has 2 aliphatic heterocycles. The van der Waals surface area contributed by atoms with E-state index in [1.54, 1.807) is 18.5 Å². The summed E-state index contributed by atoms with van der Waals surface area (Å²) in [4.78, 5) is 25.2. The molecule has 7 nitrogen and oxygen atoms in total. The van der Waals surface area contributed by atoms with E-state index in [1.165, 1.54) is 0 Å². The molecule has 0 radical (unpaired) electrons. The number of nitrogens with zero attached hydrogens (tertiary/aromatic N) is 6. The maximum atomic E-state index is 12.7. The number of likely N-dealkylation sites (tertiary alicyclic amines) is 1. The van der Waals surface area contributed by atoms with E-state index in [-0.39, 0.29) is 5.91 Å². The van der Waals surface area contributed by atoms with Crippen molar-refractivity contribution in [3.63, 3.8) is 0 Å². The first kappa shape index (κ1) is 13.2. The first-order valence-corrected chi connectivity index (χ1v) is 7.60. The second kappa shape index (κ2) is 5.08. The predicted molar refractivity (Wildman–Crippen MR) is 80.3 cm³/mol. The van der Waals surface area contributed by atoms with Crippen molar-refractivity contribution in [3.8, 4) is 0 Å². The van der Waals surface area contributed by atoms with Gasteiger partial charge in [-0.15, -0.1) is 0 Å². The lowest BCUT2D eigenvalue weighted by Gasteiger charge is -2.17. The summed E-state index contributed by atoms with van der Waals surface area (Å²) in [7, 11) is 1.90. The third kappa shape index (κ3) is 2.04. The average Bonchev–Trinajstić information content (AvgIpc) is 3.25. The normalized spacial score (nSPS) is 17.1. The Labute approximate surface area is 128 Å². The second-order valence-corrected chi connectivity index (χ2v) is 5.80. The first-order chi connectivity index (χ1) is 10.7. The zero-order valence-electron chi connectivity index (χ0n) is 12.6. The molecule has 2 aromatic rings. The van der Waals surface area contributed by atoms with E-state index in [0.29, 0.717) is 24.7 Å². The molecule has 0 aliphatic carbocycles. The molecule has 1 fully saturated rings. The summed E-state index contributed by atoms with van der Waals surface area (Å²) in [6, 6.07) is 1.80. The van der Waals surface area contributed by atoms with E-state index in [1.807, 2.05) is 16.6 Å². The molecule has 0 atom stereocenters. The maximum absolute atomic E-state index is 12.7. The van der Waals surface area contributed by atoms with Gasteiger partial charge in [0.15, 0.2) is 5.69 Å². The molecular weight excluding hydrogens is 280 g/mol. The quantitative estimate of drug-likeness (QED) is 0.826. The van der Waals surface area contributed by atoms with E-state index in [0.717, 1.165) is 37.2 Å². The predicted octanol–water partition coefficient (Wildman–Crippen LogP) is 0.966. The van der Waals surface area contributed by atoms with Crippen molar-refractivity contribution in [2.75, 3.05) is 18.0 Å². The molecule has 4 heterocycles. The van der Waals surface area contributed by atoms with Gasteiger partial charge < -0.3 is 9.80 Å². The molecule has 2 aromatic heterocycles. The average molecular weight is 298 g/mol. The van der Waals surface area contributed by atoms with Gasteiger partial charge in [0, 0.05) is 38.1 Å². The maximum Gasteiger partial charge on any atom is 0.274 e. The van der Waals surface area contributed by atoms with E-state index in [2.05, 4.69) is 20.0 Å². The van der Waals surface area contributed by atoms with Crippen molar-refractivity contribution in [1.29, 1.82) is 0 Å². The van der Waals surface area contributed by atoms with Crippen LogP contribution in [-0.2, 0) is 20.1 Å². The van der Waals surface area contributed by atoms with Gasteiger partial charge >= 0.3 is 0 Å². The molecule has 0 saturated carbocycles. The van der Waals surface area contributed by atoms with Crippen LogP contribution in [0.3, 0.4) is 0 Å². The standard InChI is InChI=1S/C15H18N6O/c1-19-12-10-21(15-16-5-4-6-17-15)9-11(12)13(18-19)14(22)20-7-2-3-8-20/h4-6H,2-3,7-10H2,1H3. The zero-order valence-corrected chi connectivity index (χ0v) is 12.6. The van der Waals surface area contributed by atoms with Crippen LogP contribution < -0.4 is 4.90 Å². The smallest absolute Gasteiger partial charge is 0.274 e. The van der Waals surface area contributed by atoms with Gasteiger partial charge in [-0.1, -0.05) is 0 Å². The third-order valence-corrected chi connectivity index (χ3v) is 4.40. The minimum absolute atomic E-state index is 0.0604. The van der Waals surface area contributed by atoms with Crippen molar-refractivity contribution >= 4 is 11.9 Å². The fourth-order valence-electron chi connectivity index (χ4n) is 3.23. The van der Waals surface area contributed by atoms with Crippen LogP contribution in [-0.4, -0.2) is 43.6 Å². The van der Waals surface area contributed by atoms with Gasteiger partial charge in [0.1, 0.15) is 0 Å². The number of anilines is 1. The van der Waals surface area contributed by atoms with Crippen molar-refractivity contribution in [3.05, 3.63) is 35.4 Å². The van der Waals surface area contributed by atoms with Crippen LogP contribution in [0.5, 0.6) is 0 Å². The SMILES string of the molecule is Cn1nc(C(=O)N2CCCC2)c2c1CN(c1ncccn1)C2. The number of hydrogen-bond acceptors (Lipinski definition) is 5. The second-order valence-electron chi connectivity index (χ2n) is 5.80. The monoisotopic (exact) mass is 298 g/mol. The Kier molecular flexibility index (Phi) is 3.06. The van der Waals surface area contributed by atoms with Gasteiger partial charge in [-0.25, -0.2) is 9.97 Å². The Morgan fingerprint density at radius 2 is 1.86 bits per heavy atom. The number of carbonyl (C=O) groups excluding carboxylic acids is 1. The Morgan fingerprint density at radius 3 is 2.59 bits per heavy atom. The van der Waals surface area contributed by atoms with E-state index in [4.69, 9.17) is 0 Å². The molecule has 22 heavy (non-hydrogen) atoms. The molecule has 114 valence electrons. The number of amides is 1. The Hall–Kier alpha value is -2.44. The van der Waals surface area contributed by atoms with Crippen LogP contribution in [0.2, 0.25) is 0 Å². The highest BCUT2D eigenvalue weighted by molar-refractivity contribution is 5.94. The van der Waals surface area contributed by atoms with Crippen LogP contribution in [0.15, 0.2) is 18.5 Å². The van der Waals surface area contributed by atoms with Gasteiger partial charge in [-0.2, -0.15) is 5.10 Å². The van der Waals surface area contributed by atoms with E-state index < -0.39 is 0 Å². The summed E-state index contributed by atoms with van der Waals surface area (Å²) < 4.78 is 1.82. The van der Waals surface area contributed by atoms with Gasteiger partial charge in [-0.05, 0) is 18.9 Å². The molecule has 0 aromatic carbocycles. The number of aryl methyl sites for hydroxylation is 1. The number of rotatable bonds is 2. The minimum atomic E-state index is 0.0604. The molecule has 7 heteroatoms. The molecule has 1 saturated heterocycles. The molecular formula is C15H18N6O. The molecule has 1 amide bonds. The Morgan fingerprint density at radius 1 is 1.14 bits per heavy atom. The molecule has 4 rings (SSSR count). The molecule has 0 N–H and O–H groups in total. The van der Waals surface area contributed by atoms with Gasteiger partial charge in [0.05, 0.1) is 18.8 Å². The highest BCUT2D eigenvalue weighted by Crippen LogP contribution is 2.29. The van der Waals surface area contributed by atoms with Crippen molar-refractivity contribution in [1.82, 2.24) is 24.6 Å². The lowest BCUT2D eigenvalue weighted by atomic mass is 10.2. The van der Waals surface area contributed by atoms with Crippen LogP contribution in [0.4, 0.5) is 5.95 Å². The number of aromatic nitrogens is 4. The summed E-state index contributed by atoms with van der Waals surface area (Å²) in [6.45, 7) is 3.02. The fourth-order valence-corrected chi connectivity index (χ4v) is 3.23. The minimum Gasteiger partial charge on any atom is -0.337 e. The summed E-state index contributed by atoms with van der Waals surface area (Å²) >= 11 is 0. The van der Waals surface area contributed by atoms with Crippen LogP contribution in [0.1, 0.15) is 34.6 Å². The Bertz CT molecular complexity index is 704. The fraction of sp³-hybridized carbons (Fsp3) is 0.467. The van der Waals surface area contributed by atoms with Gasteiger partial charge in [-0.3, -0.25) is 9.48 Å². The highest BCUT2D eigenvalue weighted by Gasteiger charge is 2.33. The third-order valence-electron chi connectivity index (χ3n) is 4.40. The highest BCUT2D eigenvalue weighted by atomic mass is 16.2. The molecule has 0 bridgehead atoms. The molecule has 0 unspecified atom stereocenters. The number of fused-ring (bicyclic) bond motifs is 1. The summed E-state index contributed by atoms with van der Waals surface area (Å²) in [5, 5.41) is 4.46. The summed E-state index contributed by atoms with van der Waals surface area (Å²) in [5.41, 5.74) is 2.69. The van der Waals surface area contributed by atoms with Crippen molar-refractivity contribution < 1.29 is 4.79 Å². The van der Waals surface area contributed by atoms with Crippen LogP contribution in [0.25, 0.3) is 0 Å². The molecule has 0 spiro atoms. The zero-order chi connectivity index (χ0) is 15.1. The van der Waals surface area contributed by atoms with Crippen LogP contribution in [0, 0.1) is 0 Å². The Balaban J connectivity index is 1.64. The van der Waals surface area contributed by atoms with Crippen molar-refractivity contribution in [2.24, 2.45) is 7.05 Å². The van der Waals surface area contributed by atoms with E-state index >= 15 is 0 Å². The van der Waals surface area contributed by atoms with Gasteiger partial charge in [0.25, 0.3) is 5.91 Å². The lowest BCUT2D eigenvalue weighted by molar-refractivity contribution is 0.0785. The summed E-state index contributed by atoms with van der Waals surface area (Å²) in [5.74, 6) is 0.753. The molecule has 2 aliphatic rings. The number of hydrogen-bond donors (Lipinski definition) is 0. The topological polar surface area (TPSA) is 67.2 Å². The van der Waals surface area contributed by atoms with Crippen molar-refractivity contribution in [2.45, 2.75) is 25.9 Å². The lowest BCUT2D eigenvalue weighted by Crippen LogP contribution is -2.29. The number of carbonyl (C=O) groups is 1. The summed E-state index contributed by atoms with van der Waals surface area (Å²) in [6.07, 6.45) is 5.65. The largest absolute Gasteiger partial charge is 0.337 e. The van der Waals surface area contributed by atoms with Crippen LogP contribution >= 0.6 is 0 Å². The first-order valence-electron chi connectivity index (χ1n) is 7.60. The van der Waals surface area contributed by atoms with E-state index in [9.17, 15) is 4.79 Å². The van der Waals surface area contributed by atoms with Gasteiger partial charge in [0.2, 0.25) is 5.95 Å².